The number of ether oxygens (including phenoxy) is 1. The van der Waals surface area contributed by atoms with Crippen molar-refractivity contribution in [1.82, 2.24) is 30.3 Å². The second-order valence-electron chi connectivity index (χ2n) is 15.7. The highest BCUT2D eigenvalue weighted by atomic mass is 16.5. The molecule has 0 radical (unpaired) electrons. The Morgan fingerprint density at radius 3 is 1.79 bits per heavy atom. The van der Waals surface area contributed by atoms with Crippen LogP contribution in [0.3, 0.4) is 0 Å². The second kappa shape index (κ2) is 14.0. The molecule has 0 saturated heterocycles. The number of benzene rings is 6. The van der Waals surface area contributed by atoms with E-state index in [1.54, 1.807) is 0 Å². The Balaban J connectivity index is 1.09. The molecule has 0 saturated carbocycles. The van der Waals surface area contributed by atoms with E-state index in [0.29, 0.717) is 17.5 Å². The summed E-state index contributed by atoms with van der Waals surface area (Å²) in [6.45, 7) is 0.778. The van der Waals surface area contributed by atoms with Crippen molar-refractivity contribution < 1.29 is 4.74 Å². The first-order valence-corrected chi connectivity index (χ1v) is 20.6. The summed E-state index contributed by atoms with van der Waals surface area (Å²) >= 11 is 0. The summed E-state index contributed by atoms with van der Waals surface area (Å²) in [6.07, 6.45) is 16.8. The van der Waals surface area contributed by atoms with E-state index in [4.69, 9.17) is 19.7 Å². The van der Waals surface area contributed by atoms with Gasteiger partial charge in [0.1, 0.15) is 11.5 Å². The average molecular weight is 786 g/mol. The number of rotatable bonds is 6. The third kappa shape index (κ3) is 5.67. The summed E-state index contributed by atoms with van der Waals surface area (Å²) < 4.78 is 11.1. The molecule has 7 heteroatoms. The molecule has 12 rings (SSSR count). The zero-order chi connectivity index (χ0) is 40.3. The second-order valence-corrected chi connectivity index (χ2v) is 15.7. The first kappa shape index (κ1) is 34.9. The van der Waals surface area contributed by atoms with Gasteiger partial charge in [-0.2, -0.15) is 0 Å². The number of para-hydroxylation sites is 2. The molecule has 5 aliphatic rings. The number of aromatic nitrogens is 3. The summed E-state index contributed by atoms with van der Waals surface area (Å²) in [7, 11) is 0. The van der Waals surface area contributed by atoms with Crippen LogP contribution in [0.15, 0.2) is 199 Å². The third-order valence-corrected chi connectivity index (χ3v) is 12.3. The first-order chi connectivity index (χ1) is 30.2. The van der Waals surface area contributed by atoms with Gasteiger partial charge in [0.25, 0.3) is 12.4 Å². The minimum Gasteiger partial charge on any atom is -0.457 e. The summed E-state index contributed by atoms with van der Waals surface area (Å²) in [5.74, 6) is 3.59. The molecule has 61 heavy (non-hydrogen) atoms. The van der Waals surface area contributed by atoms with Crippen LogP contribution in [0.5, 0.6) is 11.5 Å². The van der Waals surface area contributed by atoms with Crippen LogP contribution >= 0.6 is 0 Å². The van der Waals surface area contributed by atoms with E-state index in [-0.39, 0.29) is 6.04 Å². The lowest BCUT2D eigenvalue weighted by atomic mass is 9.66. The maximum absolute atomic E-state index is 6.66. The van der Waals surface area contributed by atoms with Crippen LogP contribution in [0.4, 0.5) is 0 Å². The van der Waals surface area contributed by atoms with Crippen molar-refractivity contribution in [3.63, 3.8) is 0 Å². The Morgan fingerprint density at radius 1 is 0.590 bits per heavy atom. The van der Waals surface area contributed by atoms with Gasteiger partial charge in [-0.15, -0.1) is 4.67 Å². The number of allylic oxidation sites excluding steroid dienone is 4. The van der Waals surface area contributed by atoms with Crippen LogP contribution in [0.25, 0.3) is 50.9 Å². The van der Waals surface area contributed by atoms with Gasteiger partial charge in [-0.1, -0.05) is 127 Å². The summed E-state index contributed by atoms with van der Waals surface area (Å²) in [5, 5.41) is 7.08. The van der Waals surface area contributed by atoms with Gasteiger partial charge in [-0.25, -0.2) is 15.0 Å². The van der Waals surface area contributed by atoms with E-state index in [1.807, 2.05) is 79.3 Å². The van der Waals surface area contributed by atoms with Gasteiger partial charge >= 0.3 is 0 Å². The molecule has 1 aromatic heterocycles. The fourth-order valence-corrected chi connectivity index (χ4v) is 9.46. The molecule has 1 unspecified atom stereocenters. The molecular formula is C54H37N6O+. The van der Waals surface area contributed by atoms with Crippen molar-refractivity contribution in [3.05, 3.63) is 227 Å². The fourth-order valence-electron chi connectivity index (χ4n) is 9.46. The van der Waals surface area contributed by atoms with Crippen molar-refractivity contribution in [2.45, 2.75) is 11.5 Å². The maximum atomic E-state index is 6.66. The van der Waals surface area contributed by atoms with Gasteiger partial charge in [0, 0.05) is 46.1 Å². The van der Waals surface area contributed by atoms with Crippen LogP contribution < -0.4 is 20.0 Å². The van der Waals surface area contributed by atoms with Crippen LogP contribution in [-0.2, 0) is 5.41 Å². The molecule has 4 aliphatic heterocycles. The van der Waals surface area contributed by atoms with Crippen molar-refractivity contribution in [1.29, 1.82) is 0 Å². The van der Waals surface area contributed by atoms with Crippen molar-refractivity contribution >= 4 is 18.0 Å². The molecule has 7 nitrogen and oxygen atoms in total. The van der Waals surface area contributed by atoms with Gasteiger partial charge in [0.05, 0.1) is 17.0 Å². The minimum absolute atomic E-state index is 0.0455. The molecule has 0 amide bonds. The predicted molar refractivity (Wildman–Crippen MR) is 244 cm³/mol. The summed E-state index contributed by atoms with van der Waals surface area (Å²) in [4.78, 5) is 15.3. The van der Waals surface area contributed by atoms with E-state index in [2.05, 4.69) is 131 Å². The SMILES string of the molecule is C1=CC(C2=CC(c3ccc4c(c3)-c3cc(-c5nc(-c6ccccc6)nc(-c6ccccc6)n5)ccc3C43c4ccccc4Oc4ccccc43)=CC(C3=CC=[N+]=C3)N2)=CCN1. The van der Waals surface area contributed by atoms with Crippen LogP contribution in [0.2, 0.25) is 0 Å². The molecule has 0 fully saturated rings. The van der Waals surface area contributed by atoms with E-state index in [0.717, 1.165) is 85.0 Å². The highest BCUT2D eigenvalue weighted by Gasteiger charge is 2.51. The molecule has 288 valence electrons. The Morgan fingerprint density at radius 2 is 1.18 bits per heavy atom. The summed E-state index contributed by atoms with van der Waals surface area (Å²) in [5.41, 5.74) is 14.7. The molecule has 1 atom stereocenters. The number of hydrogen-bond acceptors (Lipinski definition) is 6. The highest BCUT2D eigenvalue weighted by Crippen LogP contribution is 2.62. The normalized spacial score (nSPS) is 17.1. The standard InChI is InChI=1S/C54H37N6O/c1-3-11-35(12-4-1)51-58-52(36-13-5-2-6-14-36)60-53(59-51)38-20-22-44-42(30-38)41-29-37(40-31-47(34-23-26-55-27-24-34)57-48(32-40)39-25-28-56-33-39)19-21-43(41)54(44)45-15-7-9-17-49(45)61-50-18-10-8-16-46(50)54/h1-26,28-33,48,55,57H,27H2/q+1. The lowest BCUT2D eigenvalue weighted by Crippen LogP contribution is -2.33. The molecule has 2 N–H and O–H groups in total. The van der Waals surface area contributed by atoms with Gasteiger partial charge in [-0.3, -0.25) is 0 Å². The minimum atomic E-state index is -0.631. The third-order valence-electron chi connectivity index (χ3n) is 12.3. The first-order valence-electron chi connectivity index (χ1n) is 20.6. The van der Waals surface area contributed by atoms with E-state index in [1.165, 1.54) is 11.1 Å². The molecular weight excluding hydrogens is 749 g/mol. The Bertz CT molecular complexity index is 3080. The quantitative estimate of drug-likeness (QED) is 0.163. The predicted octanol–water partition coefficient (Wildman–Crippen LogP) is 9.77. The van der Waals surface area contributed by atoms with Gasteiger partial charge < -0.3 is 15.4 Å². The van der Waals surface area contributed by atoms with Crippen LogP contribution in [0, 0.1) is 0 Å². The molecule has 1 aliphatic carbocycles. The van der Waals surface area contributed by atoms with E-state index >= 15 is 0 Å². The van der Waals surface area contributed by atoms with Crippen molar-refractivity contribution in [2.75, 3.05) is 6.54 Å². The number of hydrogen-bond donors (Lipinski definition) is 2. The van der Waals surface area contributed by atoms with Crippen molar-refractivity contribution in [2.24, 2.45) is 0 Å². The molecule has 6 aromatic carbocycles. The van der Waals surface area contributed by atoms with E-state index < -0.39 is 5.41 Å². The van der Waals surface area contributed by atoms with Gasteiger partial charge in [-0.05, 0) is 87.7 Å². The number of nitrogens with zero attached hydrogens (tertiary/aromatic N) is 4. The lowest BCUT2D eigenvalue weighted by molar-refractivity contribution is 0.436. The molecule has 7 aromatic rings. The smallest absolute Gasteiger partial charge is 0.298 e. The summed E-state index contributed by atoms with van der Waals surface area (Å²) in [6, 6.07) is 50.9. The topological polar surface area (TPSA) is 86.1 Å². The molecule has 1 spiro atoms. The Hall–Kier alpha value is -8.12. The zero-order valence-electron chi connectivity index (χ0n) is 33.0. The maximum Gasteiger partial charge on any atom is 0.298 e. The number of fused-ring (bicyclic) bond motifs is 9. The Kier molecular flexibility index (Phi) is 8.02. The van der Waals surface area contributed by atoms with E-state index in [9.17, 15) is 0 Å². The lowest BCUT2D eigenvalue weighted by Gasteiger charge is -2.39. The monoisotopic (exact) mass is 785 g/mol. The Labute approximate surface area is 353 Å². The zero-order valence-corrected chi connectivity index (χ0v) is 33.0. The van der Waals surface area contributed by atoms with Crippen molar-refractivity contribution in [3.8, 4) is 56.8 Å². The average Bonchev–Trinajstić information content (AvgIpc) is 3.98. The largest absolute Gasteiger partial charge is 0.457 e. The van der Waals surface area contributed by atoms with Gasteiger partial charge in [0.2, 0.25) is 0 Å². The number of nitrogens with one attached hydrogen (secondary N) is 2. The van der Waals surface area contributed by atoms with Crippen LogP contribution in [0.1, 0.15) is 27.8 Å². The highest BCUT2D eigenvalue weighted by molar-refractivity contribution is 5.97. The molecule has 5 heterocycles. The fraction of sp³-hybridized carbons (Fsp3) is 0.0556. The molecule has 0 bridgehead atoms. The van der Waals surface area contributed by atoms with Crippen LogP contribution in [-0.4, -0.2) is 40.0 Å². The number of dihydropyridines is 2. The van der Waals surface area contributed by atoms with Gasteiger partial charge in [0.15, 0.2) is 17.5 Å².